The molecule has 0 radical (unpaired) electrons. The molecule has 0 spiro atoms. The fraction of sp³-hybridized carbons (Fsp3) is 0.923. The summed E-state index contributed by atoms with van der Waals surface area (Å²) in [5, 5.41) is 3.19. The van der Waals surface area contributed by atoms with E-state index in [1.807, 2.05) is 20.9 Å². The van der Waals surface area contributed by atoms with Gasteiger partial charge < -0.3 is 5.32 Å². The minimum atomic E-state index is 0.0570. The molecule has 0 aliphatic rings. The molecule has 2 atom stereocenters. The van der Waals surface area contributed by atoms with Crippen LogP contribution in [0.4, 0.5) is 0 Å². The second kappa shape index (κ2) is 7.86. The van der Waals surface area contributed by atoms with Crippen LogP contribution in [0.15, 0.2) is 0 Å². The van der Waals surface area contributed by atoms with Crippen molar-refractivity contribution < 1.29 is 4.79 Å². The van der Waals surface area contributed by atoms with Crippen LogP contribution in [0.1, 0.15) is 53.4 Å². The van der Waals surface area contributed by atoms with Gasteiger partial charge in [-0.1, -0.05) is 47.0 Å². The largest absolute Gasteiger partial charge is 0.310 e. The molecule has 0 aromatic heterocycles. The topological polar surface area (TPSA) is 29.1 Å². The Hall–Kier alpha value is -0.370. The molecule has 2 unspecified atom stereocenters. The van der Waals surface area contributed by atoms with Crippen LogP contribution in [0, 0.1) is 11.8 Å². The molecule has 0 amide bonds. The summed E-state index contributed by atoms with van der Waals surface area (Å²) in [6.45, 7) is 8.35. The van der Waals surface area contributed by atoms with Gasteiger partial charge in [-0.2, -0.15) is 0 Å². The van der Waals surface area contributed by atoms with E-state index in [2.05, 4.69) is 19.2 Å². The molecule has 1 N–H and O–H groups in total. The molecule has 2 heteroatoms. The third kappa shape index (κ3) is 4.78. The lowest BCUT2D eigenvalue weighted by molar-refractivity contribution is -0.125. The molecule has 90 valence electrons. The summed E-state index contributed by atoms with van der Waals surface area (Å²) in [6.07, 6.45) is 4.69. The molecular formula is C13H27NO. The Bertz CT molecular complexity index is 177. The van der Waals surface area contributed by atoms with Crippen molar-refractivity contribution in [3.63, 3.8) is 0 Å². The number of carbonyl (C=O) groups is 1. The van der Waals surface area contributed by atoms with Gasteiger partial charge in [-0.05, 0) is 19.4 Å². The first kappa shape index (κ1) is 14.6. The summed E-state index contributed by atoms with van der Waals surface area (Å²) in [6, 6.07) is 0.0570. The van der Waals surface area contributed by atoms with Gasteiger partial charge in [0, 0.05) is 5.92 Å². The van der Waals surface area contributed by atoms with E-state index in [1.165, 1.54) is 12.8 Å². The van der Waals surface area contributed by atoms with Gasteiger partial charge in [0.2, 0.25) is 0 Å². The number of ketones is 1. The predicted octanol–water partition coefficient (Wildman–Crippen LogP) is 3.02. The number of nitrogens with one attached hydrogen (secondary N) is 1. The van der Waals surface area contributed by atoms with Crippen LogP contribution in [0.5, 0.6) is 0 Å². The van der Waals surface area contributed by atoms with Gasteiger partial charge in [-0.25, -0.2) is 0 Å². The van der Waals surface area contributed by atoms with Gasteiger partial charge in [0.05, 0.1) is 6.04 Å². The summed E-state index contributed by atoms with van der Waals surface area (Å²) in [5.41, 5.74) is 0. The molecule has 0 heterocycles. The molecule has 0 fully saturated rings. The van der Waals surface area contributed by atoms with Crippen LogP contribution in [-0.4, -0.2) is 18.9 Å². The second-order valence-electron chi connectivity index (χ2n) is 4.63. The minimum Gasteiger partial charge on any atom is -0.310 e. The monoisotopic (exact) mass is 213 g/mol. The highest BCUT2D eigenvalue weighted by atomic mass is 16.1. The fourth-order valence-corrected chi connectivity index (χ4v) is 2.04. The van der Waals surface area contributed by atoms with E-state index in [-0.39, 0.29) is 12.0 Å². The number of unbranched alkanes of at least 4 members (excludes halogenated alkanes) is 1. The van der Waals surface area contributed by atoms with Crippen LogP contribution < -0.4 is 5.32 Å². The van der Waals surface area contributed by atoms with E-state index >= 15 is 0 Å². The SMILES string of the molecule is CCCCC(CC)C(NC)C(=O)C(C)C. The maximum atomic E-state index is 12.0. The summed E-state index contributed by atoms with van der Waals surface area (Å²) in [7, 11) is 1.90. The number of carbonyl (C=O) groups excluding carboxylic acids is 1. The van der Waals surface area contributed by atoms with Gasteiger partial charge in [0.1, 0.15) is 0 Å². The van der Waals surface area contributed by atoms with Crippen molar-refractivity contribution in [2.45, 2.75) is 59.4 Å². The van der Waals surface area contributed by atoms with Gasteiger partial charge in [-0.3, -0.25) is 4.79 Å². The molecule has 2 nitrogen and oxygen atoms in total. The van der Waals surface area contributed by atoms with Crippen LogP contribution in [0.25, 0.3) is 0 Å². The van der Waals surface area contributed by atoms with Crippen LogP contribution in [0.2, 0.25) is 0 Å². The highest BCUT2D eigenvalue weighted by Crippen LogP contribution is 2.19. The summed E-state index contributed by atoms with van der Waals surface area (Å²) in [5.74, 6) is 1.00. The Morgan fingerprint density at radius 3 is 2.20 bits per heavy atom. The van der Waals surface area contributed by atoms with Crippen molar-refractivity contribution in [2.24, 2.45) is 11.8 Å². The van der Waals surface area contributed by atoms with Crippen LogP contribution in [0.3, 0.4) is 0 Å². The lowest BCUT2D eigenvalue weighted by atomic mass is 9.85. The summed E-state index contributed by atoms with van der Waals surface area (Å²) in [4.78, 5) is 12.0. The average molecular weight is 213 g/mol. The van der Waals surface area contributed by atoms with Gasteiger partial charge >= 0.3 is 0 Å². The Morgan fingerprint density at radius 1 is 1.27 bits per heavy atom. The third-order valence-corrected chi connectivity index (χ3v) is 3.11. The predicted molar refractivity (Wildman–Crippen MR) is 66.0 cm³/mol. The zero-order valence-corrected chi connectivity index (χ0v) is 11.0. The van der Waals surface area contributed by atoms with Crippen molar-refractivity contribution in [3.05, 3.63) is 0 Å². The van der Waals surface area contributed by atoms with Crippen molar-refractivity contribution in [1.29, 1.82) is 0 Å². The molecule has 0 aliphatic heterocycles. The second-order valence-corrected chi connectivity index (χ2v) is 4.63. The molecule has 0 saturated carbocycles. The molecule has 15 heavy (non-hydrogen) atoms. The maximum Gasteiger partial charge on any atom is 0.152 e. The van der Waals surface area contributed by atoms with Crippen molar-refractivity contribution in [2.75, 3.05) is 7.05 Å². The number of hydrogen-bond acceptors (Lipinski definition) is 2. The lowest BCUT2D eigenvalue weighted by Crippen LogP contribution is -2.42. The van der Waals surface area contributed by atoms with E-state index in [1.54, 1.807) is 0 Å². The van der Waals surface area contributed by atoms with Gasteiger partial charge in [0.15, 0.2) is 5.78 Å². The lowest BCUT2D eigenvalue weighted by Gasteiger charge is -2.26. The maximum absolute atomic E-state index is 12.0. The zero-order valence-electron chi connectivity index (χ0n) is 11.0. The van der Waals surface area contributed by atoms with Crippen LogP contribution in [-0.2, 0) is 4.79 Å². The van der Waals surface area contributed by atoms with E-state index in [9.17, 15) is 4.79 Å². The molecule has 0 aromatic rings. The van der Waals surface area contributed by atoms with Gasteiger partial charge in [0.25, 0.3) is 0 Å². The Kier molecular flexibility index (Phi) is 7.67. The first-order valence-corrected chi connectivity index (χ1v) is 6.29. The van der Waals surface area contributed by atoms with Crippen LogP contribution >= 0.6 is 0 Å². The zero-order chi connectivity index (χ0) is 11.8. The number of likely N-dealkylation sites (N-methyl/N-ethyl adjacent to an activating group) is 1. The van der Waals surface area contributed by atoms with Crippen molar-refractivity contribution in [3.8, 4) is 0 Å². The molecule has 0 aliphatic carbocycles. The smallest absolute Gasteiger partial charge is 0.152 e. The first-order valence-electron chi connectivity index (χ1n) is 6.29. The number of hydrogen-bond donors (Lipinski definition) is 1. The summed E-state index contributed by atoms with van der Waals surface area (Å²) < 4.78 is 0. The quantitative estimate of drug-likeness (QED) is 0.671. The molecule has 0 aromatic carbocycles. The Balaban J connectivity index is 4.39. The highest BCUT2D eigenvalue weighted by molar-refractivity contribution is 5.86. The van der Waals surface area contributed by atoms with E-state index in [0.29, 0.717) is 11.7 Å². The normalized spacial score (nSPS) is 15.3. The van der Waals surface area contributed by atoms with Crippen molar-refractivity contribution >= 4 is 5.78 Å². The molecular weight excluding hydrogens is 186 g/mol. The highest BCUT2D eigenvalue weighted by Gasteiger charge is 2.26. The molecule has 0 saturated heterocycles. The standard InChI is InChI=1S/C13H27NO/c1-6-8-9-11(7-2)12(14-5)13(15)10(3)4/h10-12,14H,6-9H2,1-5H3. The van der Waals surface area contributed by atoms with E-state index < -0.39 is 0 Å². The Labute approximate surface area is 94.8 Å². The number of Topliss-reactive ketones (excluding diaryl/α,β-unsaturated/α-hetero) is 1. The fourth-order valence-electron chi connectivity index (χ4n) is 2.04. The Morgan fingerprint density at radius 2 is 1.87 bits per heavy atom. The van der Waals surface area contributed by atoms with E-state index in [4.69, 9.17) is 0 Å². The average Bonchev–Trinajstić information content (AvgIpc) is 2.23. The molecule has 0 rings (SSSR count). The summed E-state index contributed by atoms with van der Waals surface area (Å²) >= 11 is 0. The van der Waals surface area contributed by atoms with E-state index in [0.717, 1.165) is 12.8 Å². The first-order chi connectivity index (χ1) is 7.08. The van der Waals surface area contributed by atoms with Gasteiger partial charge in [-0.15, -0.1) is 0 Å². The number of rotatable bonds is 8. The molecule has 0 bridgehead atoms. The van der Waals surface area contributed by atoms with Crippen molar-refractivity contribution in [1.82, 2.24) is 5.32 Å². The third-order valence-electron chi connectivity index (χ3n) is 3.11. The minimum absolute atomic E-state index is 0.0570.